The molecular weight excluding hydrogens is 310 g/mol. The van der Waals surface area contributed by atoms with Crippen LogP contribution in [0.3, 0.4) is 0 Å². The van der Waals surface area contributed by atoms with Crippen LogP contribution in [0.15, 0.2) is 42.5 Å². The van der Waals surface area contributed by atoms with E-state index >= 15 is 0 Å². The predicted molar refractivity (Wildman–Crippen MR) is 90.5 cm³/mol. The number of primary amides is 1. The van der Waals surface area contributed by atoms with Gasteiger partial charge in [0.05, 0.1) is 9.75 Å². The maximum Gasteiger partial charge on any atom is 0.263 e. The first-order valence-electron chi connectivity index (χ1n) is 7.54. The Morgan fingerprint density at radius 1 is 1.09 bits per heavy atom. The van der Waals surface area contributed by atoms with Crippen molar-refractivity contribution in [3.8, 4) is 0 Å². The number of benzene rings is 1. The number of rotatable bonds is 4. The van der Waals surface area contributed by atoms with E-state index in [1.807, 2.05) is 23.1 Å². The van der Waals surface area contributed by atoms with E-state index in [-0.39, 0.29) is 17.7 Å². The Labute approximate surface area is 138 Å². The molecule has 0 aliphatic carbocycles. The lowest BCUT2D eigenvalue weighted by atomic mass is 9.89. The van der Waals surface area contributed by atoms with Gasteiger partial charge in [-0.2, -0.15) is 0 Å². The van der Waals surface area contributed by atoms with Crippen LogP contribution in [0, 0.1) is 5.92 Å². The molecule has 2 atom stereocenters. The van der Waals surface area contributed by atoms with Crippen LogP contribution in [-0.2, 0) is 0 Å². The SMILES string of the molecule is NC[C@@H]1CN(C(=O)c2ccc(C(N)=O)s2)C[C@H]1c1ccccc1. The van der Waals surface area contributed by atoms with Gasteiger partial charge in [-0.1, -0.05) is 30.3 Å². The third kappa shape index (κ3) is 3.13. The zero-order valence-electron chi connectivity index (χ0n) is 12.6. The lowest BCUT2D eigenvalue weighted by molar-refractivity contribution is 0.0791. The van der Waals surface area contributed by atoms with E-state index in [0.717, 1.165) is 11.3 Å². The van der Waals surface area contributed by atoms with Gasteiger partial charge < -0.3 is 16.4 Å². The fourth-order valence-corrected chi connectivity index (χ4v) is 3.92. The molecule has 2 aromatic rings. The highest BCUT2D eigenvalue weighted by Crippen LogP contribution is 2.33. The largest absolute Gasteiger partial charge is 0.365 e. The zero-order chi connectivity index (χ0) is 16.4. The second kappa shape index (κ2) is 6.52. The molecule has 23 heavy (non-hydrogen) atoms. The molecule has 0 saturated carbocycles. The summed E-state index contributed by atoms with van der Waals surface area (Å²) in [7, 11) is 0. The molecule has 0 unspecified atom stereocenters. The molecule has 6 heteroatoms. The second-order valence-electron chi connectivity index (χ2n) is 5.75. The van der Waals surface area contributed by atoms with Crippen LogP contribution >= 0.6 is 11.3 Å². The molecule has 3 rings (SSSR count). The normalized spacial score (nSPS) is 20.7. The summed E-state index contributed by atoms with van der Waals surface area (Å²) in [5, 5.41) is 0. The molecule has 1 aliphatic rings. The summed E-state index contributed by atoms with van der Waals surface area (Å²) in [6.45, 7) is 1.83. The van der Waals surface area contributed by atoms with Crippen molar-refractivity contribution >= 4 is 23.2 Å². The maximum atomic E-state index is 12.7. The van der Waals surface area contributed by atoms with Gasteiger partial charge in [0.25, 0.3) is 11.8 Å². The van der Waals surface area contributed by atoms with Crippen molar-refractivity contribution in [2.75, 3.05) is 19.6 Å². The molecule has 1 aliphatic heterocycles. The van der Waals surface area contributed by atoms with Crippen molar-refractivity contribution in [1.82, 2.24) is 4.90 Å². The topological polar surface area (TPSA) is 89.4 Å². The third-order valence-corrected chi connectivity index (χ3v) is 5.41. The summed E-state index contributed by atoms with van der Waals surface area (Å²) >= 11 is 1.14. The van der Waals surface area contributed by atoms with E-state index in [2.05, 4.69) is 12.1 Å². The molecule has 4 N–H and O–H groups in total. The number of nitrogens with zero attached hydrogens (tertiary/aromatic N) is 1. The quantitative estimate of drug-likeness (QED) is 0.894. The summed E-state index contributed by atoms with van der Waals surface area (Å²) in [4.78, 5) is 26.6. The van der Waals surface area contributed by atoms with Crippen molar-refractivity contribution in [3.63, 3.8) is 0 Å². The number of carbonyl (C=O) groups is 2. The third-order valence-electron chi connectivity index (χ3n) is 4.32. The van der Waals surface area contributed by atoms with Gasteiger partial charge in [0.2, 0.25) is 0 Å². The van der Waals surface area contributed by atoms with Gasteiger partial charge in [0, 0.05) is 19.0 Å². The standard InChI is InChI=1S/C17H19N3O2S/c18-8-12-9-20(10-13(12)11-4-2-1-3-5-11)17(22)15-7-6-14(23-15)16(19)21/h1-7,12-13H,8-10,18H2,(H2,19,21)/t12-,13+/m1/s1. The van der Waals surface area contributed by atoms with Crippen molar-refractivity contribution in [2.24, 2.45) is 17.4 Å². The van der Waals surface area contributed by atoms with Gasteiger partial charge in [0.1, 0.15) is 0 Å². The molecule has 120 valence electrons. The minimum Gasteiger partial charge on any atom is -0.365 e. The van der Waals surface area contributed by atoms with Crippen LogP contribution in [-0.4, -0.2) is 36.3 Å². The Kier molecular flexibility index (Phi) is 4.45. The zero-order valence-corrected chi connectivity index (χ0v) is 13.5. The monoisotopic (exact) mass is 329 g/mol. The van der Waals surface area contributed by atoms with Crippen LogP contribution in [0.4, 0.5) is 0 Å². The Morgan fingerprint density at radius 2 is 1.78 bits per heavy atom. The molecule has 0 spiro atoms. The first kappa shape index (κ1) is 15.7. The Bertz CT molecular complexity index is 714. The smallest absolute Gasteiger partial charge is 0.263 e. The van der Waals surface area contributed by atoms with E-state index in [1.54, 1.807) is 12.1 Å². The van der Waals surface area contributed by atoms with Gasteiger partial charge in [-0.25, -0.2) is 0 Å². The van der Waals surface area contributed by atoms with Crippen molar-refractivity contribution in [2.45, 2.75) is 5.92 Å². The van der Waals surface area contributed by atoms with Gasteiger partial charge >= 0.3 is 0 Å². The lowest BCUT2D eigenvalue weighted by Crippen LogP contribution is -2.29. The Balaban J connectivity index is 1.78. The number of amides is 2. The number of carbonyl (C=O) groups excluding carboxylic acids is 2. The average molecular weight is 329 g/mol. The Hall–Kier alpha value is -2.18. The summed E-state index contributed by atoms with van der Waals surface area (Å²) in [5.41, 5.74) is 12.4. The van der Waals surface area contributed by atoms with Crippen molar-refractivity contribution < 1.29 is 9.59 Å². The molecule has 2 amide bonds. The van der Waals surface area contributed by atoms with Gasteiger partial charge in [-0.05, 0) is 30.2 Å². The van der Waals surface area contributed by atoms with Crippen LogP contribution < -0.4 is 11.5 Å². The lowest BCUT2D eigenvalue weighted by Gasteiger charge is -2.16. The molecule has 2 heterocycles. The summed E-state index contributed by atoms with van der Waals surface area (Å²) < 4.78 is 0. The summed E-state index contributed by atoms with van der Waals surface area (Å²) in [6, 6.07) is 13.4. The molecule has 1 aromatic heterocycles. The number of nitrogens with two attached hydrogens (primary N) is 2. The molecule has 0 bridgehead atoms. The highest BCUT2D eigenvalue weighted by atomic mass is 32.1. The number of likely N-dealkylation sites (tertiary alicyclic amines) is 1. The summed E-state index contributed by atoms with van der Waals surface area (Å²) in [5.74, 6) is -0.0607. The molecule has 0 radical (unpaired) electrons. The average Bonchev–Trinajstić information content (AvgIpc) is 3.22. The predicted octanol–water partition coefficient (Wildman–Crippen LogP) is 1.66. The van der Waals surface area contributed by atoms with E-state index in [0.29, 0.717) is 29.4 Å². The molecular formula is C17H19N3O2S. The fourth-order valence-electron chi connectivity index (χ4n) is 3.09. The number of hydrogen-bond acceptors (Lipinski definition) is 4. The van der Waals surface area contributed by atoms with E-state index in [9.17, 15) is 9.59 Å². The van der Waals surface area contributed by atoms with E-state index < -0.39 is 5.91 Å². The van der Waals surface area contributed by atoms with Gasteiger partial charge in [0.15, 0.2) is 0 Å². The minimum absolute atomic E-state index is 0.0561. The van der Waals surface area contributed by atoms with Gasteiger partial charge in [-0.15, -0.1) is 11.3 Å². The van der Waals surface area contributed by atoms with E-state index in [4.69, 9.17) is 11.5 Å². The first-order chi connectivity index (χ1) is 11.1. The molecule has 1 saturated heterocycles. The van der Waals surface area contributed by atoms with Crippen LogP contribution in [0.2, 0.25) is 0 Å². The van der Waals surface area contributed by atoms with E-state index in [1.165, 1.54) is 5.56 Å². The molecule has 5 nitrogen and oxygen atoms in total. The van der Waals surface area contributed by atoms with Crippen LogP contribution in [0.25, 0.3) is 0 Å². The highest BCUT2D eigenvalue weighted by Gasteiger charge is 2.36. The van der Waals surface area contributed by atoms with Crippen molar-refractivity contribution in [1.29, 1.82) is 0 Å². The Morgan fingerprint density at radius 3 is 2.39 bits per heavy atom. The summed E-state index contributed by atoms with van der Waals surface area (Å²) in [6.07, 6.45) is 0. The van der Waals surface area contributed by atoms with Crippen molar-refractivity contribution in [3.05, 3.63) is 57.8 Å². The number of hydrogen-bond donors (Lipinski definition) is 2. The maximum absolute atomic E-state index is 12.7. The second-order valence-corrected chi connectivity index (χ2v) is 6.84. The fraction of sp³-hybridized carbons (Fsp3) is 0.294. The van der Waals surface area contributed by atoms with Crippen LogP contribution in [0.1, 0.15) is 30.8 Å². The molecule has 1 aromatic carbocycles. The highest BCUT2D eigenvalue weighted by molar-refractivity contribution is 7.15. The van der Waals surface area contributed by atoms with Gasteiger partial charge in [-0.3, -0.25) is 9.59 Å². The minimum atomic E-state index is -0.502. The first-order valence-corrected chi connectivity index (χ1v) is 8.35. The number of thiophene rings is 1. The molecule has 1 fully saturated rings. The van der Waals surface area contributed by atoms with Crippen LogP contribution in [0.5, 0.6) is 0 Å².